The van der Waals surface area contributed by atoms with Crippen LogP contribution in [0.4, 0.5) is 21.7 Å². The minimum atomic E-state index is -3.91. The summed E-state index contributed by atoms with van der Waals surface area (Å²) in [6.07, 6.45) is 4.14. The molecule has 0 spiro atoms. The van der Waals surface area contributed by atoms with Gasteiger partial charge in [0.05, 0.1) is 17.4 Å². The Bertz CT molecular complexity index is 1150. The Balaban J connectivity index is 2.03. The summed E-state index contributed by atoms with van der Waals surface area (Å²) in [7, 11) is -3.91. The fourth-order valence-corrected chi connectivity index (χ4v) is 3.16. The number of nitrogens with zero attached hydrogens (tertiary/aromatic N) is 2. The van der Waals surface area contributed by atoms with E-state index in [4.69, 9.17) is 4.11 Å². The molecule has 0 unspecified atom stereocenters. The van der Waals surface area contributed by atoms with Gasteiger partial charge < -0.3 is 16.0 Å². The lowest BCUT2D eigenvalue weighted by Crippen LogP contribution is -2.21. The largest absolute Gasteiger partial charge is 0.355 e. The second kappa shape index (κ2) is 7.50. The summed E-state index contributed by atoms with van der Waals surface area (Å²) >= 11 is 0. The van der Waals surface area contributed by atoms with E-state index in [1.54, 1.807) is 5.32 Å². The highest BCUT2D eigenvalue weighted by Gasteiger charge is 2.30. The zero-order chi connectivity index (χ0) is 23.0. The normalized spacial score (nSPS) is 15.7. The monoisotopic (exact) mass is 410 g/mol. The Morgan fingerprint density at radius 2 is 2.00 bits per heavy atom. The van der Waals surface area contributed by atoms with E-state index in [-0.39, 0.29) is 34.7 Å². The van der Waals surface area contributed by atoms with E-state index in [0.717, 1.165) is 37.6 Å². The van der Waals surface area contributed by atoms with Crippen LogP contribution >= 0.6 is 0 Å². The number of halogens is 1. The molecule has 148 valence electrons. The van der Waals surface area contributed by atoms with Crippen molar-refractivity contribution in [3.8, 4) is 0 Å². The molecule has 2 heterocycles. The number of hydrogen-bond acceptors (Lipinski definition) is 7. The number of amides is 2. The van der Waals surface area contributed by atoms with Gasteiger partial charge in [0.1, 0.15) is 22.3 Å². The Labute approximate surface area is 164 Å². The SMILES string of the molecule is [2H]C([2H])([2H])NC(=O)c1cnc(NC(=O)C2CC2)cc1Nc1ncc(F)cc1S(C)(=O)=O. The summed E-state index contributed by atoms with van der Waals surface area (Å²) in [5.41, 5.74) is -0.349. The van der Waals surface area contributed by atoms with Gasteiger partial charge >= 0.3 is 0 Å². The molecule has 0 atom stereocenters. The van der Waals surface area contributed by atoms with Crippen molar-refractivity contribution in [1.29, 1.82) is 0 Å². The Kier molecular flexibility index (Phi) is 4.27. The molecule has 3 N–H and O–H groups in total. The Morgan fingerprint density at radius 3 is 2.64 bits per heavy atom. The van der Waals surface area contributed by atoms with Crippen LogP contribution in [0, 0.1) is 11.7 Å². The number of carbonyl (C=O) groups excluding carboxylic acids is 2. The van der Waals surface area contributed by atoms with Gasteiger partial charge in [0.15, 0.2) is 9.84 Å². The first-order chi connectivity index (χ1) is 14.3. The van der Waals surface area contributed by atoms with Crippen molar-refractivity contribution in [1.82, 2.24) is 15.3 Å². The first-order valence-electron chi connectivity index (χ1n) is 9.59. The van der Waals surface area contributed by atoms with Crippen LogP contribution in [-0.4, -0.2) is 43.4 Å². The maximum absolute atomic E-state index is 13.6. The Hall–Kier alpha value is -3.08. The van der Waals surface area contributed by atoms with Crippen LogP contribution in [0.5, 0.6) is 0 Å². The van der Waals surface area contributed by atoms with Gasteiger partial charge in [-0.2, -0.15) is 0 Å². The van der Waals surface area contributed by atoms with Gasteiger partial charge in [-0.15, -0.1) is 0 Å². The molecule has 1 aliphatic carbocycles. The van der Waals surface area contributed by atoms with Crippen LogP contribution in [0.1, 0.15) is 27.3 Å². The lowest BCUT2D eigenvalue weighted by atomic mass is 10.2. The number of pyridine rings is 2. The summed E-state index contributed by atoms with van der Waals surface area (Å²) in [5.74, 6) is -2.57. The third-order valence-electron chi connectivity index (χ3n) is 3.93. The van der Waals surface area contributed by atoms with Gasteiger partial charge in [0.2, 0.25) is 5.91 Å². The number of aromatic nitrogens is 2. The summed E-state index contributed by atoms with van der Waals surface area (Å²) in [6.45, 7) is -2.79. The minimum Gasteiger partial charge on any atom is -0.355 e. The molecule has 0 aromatic carbocycles. The van der Waals surface area contributed by atoms with Crippen molar-refractivity contribution in [3.63, 3.8) is 0 Å². The molecule has 9 nitrogen and oxygen atoms in total. The first kappa shape index (κ1) is 15.9. The molecule has 0 saturated heterocycles. The lowest BCUT2D eigenvalue weighted by Gasteiger charge is -2.14. The second-order valence-electron chi connectivity index (χ2n) is 6.23. The summed E-state index contributed by atoms with van der Waals surface area (Å²) in [6, 6.07) is 1.98. The number of rotatable bonds is 6. The lowest BCUT2D eigenvalue weighted by molar-refractivity contribution is -0.117. The highest BCUT2D eigenvalue weighted by Crippen LogP contribution is 2.31. The van der Waals surface area contributed by atoms with Crippen LogP contribution in [0.25, 0.3) is 0 Å². The van der Waals surface area contributed by atoms with E-state index < -0.39 is 33.4 Å². The highest BCUT2D eigenvalue weighted by atomic mass is 32.2. The Morgan fingerprint density at radius 1 is 1.25 bits per heavy atom. The highest BCUT2D eigenvalue weighted by molar-refractivity contribution is 7.90. The van der Waals surface area contributed by atoms with E-state index in [9.17, 15) is 22.4 Å². The van der Waals surface area contributed by atoms with Gasteiger partial charge in [-0.3, -0.25) is 9.59 Å². The van der Waals surface area contributed by atoms with Crippen LogP contribution in [0.3, 0.4) is 0 Å². The molecule has 0 aliphatic heterocycles. The number of sulfone groups is 1. The van der Waals surface area contributed by atoms with Crippen LogP contribution in [0.15, 0.2) is 29.4 Å². The smallest absolute Gasteiger partial charge is 0.254 e. The molecule has 0 bridgehead atoms. The molecule has 2 aromatic heterocycles. The van der Waals surface area contributed by atoms with Crippen molar-refractivity contribution in [2.75, 3.05) is 23.9 Å². The molecule has 11 heteroatoms. The summed E-state index contributed by atoms with van der Waals surface area (Å²) < 4.78 is 59.2. The predicted octanol–water partition coefficient (Wildman–Crippen LogP) is 1.47. The van der Waals surface area contributed by atoms with Crippen LogP contribution in [-0.2, 0) is 14.6 Å². The summed E-state index contributed by atoms with van der Waals surface area (Å²) in [4.78, 5) is 31.6. The number of carbonyl (C=O) groups is 2. The third kappa shape index (κ3) is 4.42. The molecule has 28 heavy (non-hydrogen) atoms. The van der Waals surface area contributed by atoms with Crippen molar-refractivity contribution >= 4 is 39.0 Å². The molecule has 1 aliphatic rings. The molecular weight excluding hydrogens is 389 g/mol. The van der Waals surface area contributed by atoms with Gasteiger partial charge in [-0.05, 0) is 18.9 Å². The number of anilines is 3. The molecule has 2 amide bonds. The molecule has 0 radical (unpaired) electrons. The fraction of sp³-hybridized carbons (Fsp3) is 0.294. The molecular formula is C17H18FN5O4S. The van der Waals surface area contributed by atoms with Crippen LogP contribution < -0.4 is 16.0 Å². The van der Waals surface area contributed by atoms with Gasteiger partial charge in [-0.1, -0.05) is 0 Å². The zero-order valence-corrected chi connectivity index (χ0v) is 15.4. The van der Waals surface area contributed by atoms with E-state index in [0.29, 0.717) is 0 Å². The fourth-order valence-electron chi connectivity index (χ4n) is 2.37. The first-order valence-corrected chi connectivity index (χ1v) is 9.99. The van der Waals surface area contributed by atoms with E-state index in [1.165, 1.54) is 6.07 Å². The van der Waals surface area contributed by atoms with Gasteiger partial charge in [0, 0.05) is 35.5 Å². The third-order valence-corrected chi connectivity index (χ3v) is 5.04. The topological polar surface area (TPSA) is 130 Å². The summed E-state index contributed by atoms with van der Waals surface area (Å²) in [5, 5.41) is 6.97. The van der Waals surface area contributed by atoms with Crippen molar-refractivity contribution in [2.24, 2.45) is 5.92 Å². The molecule has 1 fully saturated rings. The maximum Gasteiger partial charge on any atom is 0.254 e. The maximum atomic E-state index is 13.6. The predicted molar refractivity (Wildman–Crippen MR) is 99.6 cm³/mol. The minimum absolute atomic E-state index is 0.0489. The second-order valence-corrected chi connectivity index (χ2v) is 8.21. The molecule has 2 aromatic rings. The quantitative estimate of drug-likeness (QED) is 0.657. The van der Waals surface area contributed by atoms with Crippen LogP contribution in [0.2, 0.25) is 0 Å². The number of hydrogen-bond donors (Lipinski definition) is 3. The average molecular weight is 410 g/mol. The average Bonchev–Trinajstić information content (AvgIpc) is 3.46. The molecule has 3 rings (SSSR count). The van der Waals surface area contributed by atoms with Crippen molar-refractivity contribution in [3.05, 3.63) is 35.9 Å². The standard InChI is InChI=1S/C17H18FN5O4S/c1-19-17(25)11-8-20-14(23-16(24)9-3-4-9)6-12(11)22-15-13(28(2,26)27)5-10(18)7-21-15/h5-9H,3-4H2,1-2H3,(H,19,25)(H2,20,21,22,23,24)/i1D3. The van der Waals surface area contributed by atoms with Crippen molar-refractivity contribution < 1.29 is 26.5 Å². The number of nitrogens with one attached hydrogen (secondary N) is 3. The zero-order valence-electron chi connectivity index (χ0n) is 17.6. The van der Waals surface area contributed by atoms with E-state index >= 15 is 0 Å². The van der Waals surface area contributed by atoms with E-state index in [2.05, 4.69) is 20.6 Å². The van der Waals surface area contributed by atoms with E-state index in [1.807, 2.05) is 0 Å². The van der Waals surface area contributed by atoms with Gasteiger partial charge in [-0.25, -0.2) is 22.8 Å². The molecule has 1 saturated carbocycles. The van der Waals surface area contributed by atoms with Crippen molar-refractivity contribution in [2.45, 2.75) is 17.7 Å². The van der Waals surface area contributed by atoms with Gasteiger partial charge in [0.25, 0.3) is 5.91 Å².